The maximum atomic E-state index is 5.70. The molecule has 0 bridgehead atoms. The van der Waals surface area contributed by atoms with Gasteiger partial charge in [-0.15, -0.1) is 0 Å². The third-order valence-corrected chi connectivity index (χ3v) is 2.26. The fourth-order valence-electron chi connectivity index (χ4n) is 1.65. The summed E-state index contributed by atoms with van der Waals surface area (Å²) >= 11 is 0. The van der Waals surface area contributed by atoms with Crippen LogP contribution in [-0.2, 0) is 6.54 Å². The van der Waals surface area contributed by atoms with Gasteiger partial charge in [0.05, 0.1) is 0 Å². The van der Waals surface area contributed by atoms with Crippen LogP contribution < -0.4 is 5.73 Å². The Balaban J connectivity index is 2.55. The number of aromatic nitrogens is 1. The van der Waals surface area contributed by atoms with E-state index in [1.54, 1.807) is 0 Å². The van der Waals surface area contributed by atoms with Gasteiger partial charge in [-0.3, -0.25) is 0 Å². The van der Waals surface area contributed by atoms with E-state index in [1.165, 1.54) is 10.9 Å². The summed E-state index contributed by atoms with van der Waals surface area (Å²) in [7, 11) is 0. The van der Waals surface area contributed by atoms with Crippen molar-refractivity contribution in [1.82, 2.24) is 4.57 Å². The lowest BCUT2D eigenvalue weighted by molar-refractivity contribution is 0.703. The summed E-state index contributed by atoms with van der Waals surface area (Å²) in [6.45, 7) is 3.26. The molecule has 0 aliphatic heterocycles. The van der Waals surface area contributed by atoms with Crippen molar-refractivity contribution in [3.8, 4) is 0 Å². The van der Waals surface area contributed by atoms with E-state index in [2.05, 4.69) is 29.8 Å². The molecule has 68 valence electrons. The molecule has 0 saturated heterocycles. The zero-order valence-electron chi connectivity index (χ0n) is 7.83. The van der Waals surface area contributed by atoms with Gasteiger partial charge in [0, 0.05) is 29.3 Å². The third-order valence-electron chi connectivity index (χ3n) is 2.26. The van der Waals surface area contributed by atoms with Gasteiger partial charge in [0.15, 0.2) is 0 Å². The Morgan fingerprint density at radius 1 is 1.31 bits per heavy atom. The molecule has 0 aliphatic rings. The minimum Gasteiger partial charge on any atom is -0.399 e. The number of nitrogen functional groups attached to an aromatic ring is 1. The van der Waals surface area contributed by atoms with E-state index in [1.807, 2.05) is 12.1 Å². The molecule has 0 aliphatic carbocycles. The summed E-state index contributed by atoms with van der Waals surface area (Å²) in [6.07, 6.45) is 3.28. The molecular weight excluding hydrogens is 160 g/mol. The Hall–Kier alpha value is -1.44. The van der Waals surface area contributed by atoms with E-state index in [0.717, 1.165) is 18.7 Å². The number of nitrogens with two attached hydrogens (primary N) is 1. The van der Waals surface area contributed by atoms with Crippen molar-refractivity contribution in [3.63, 3.8) is 0 Å². The van der Waals surface area contributed by atoms with Crippen LogP contribution in [-0.4, -0.2) is 4.57 Å². The molecule has 2 nitrogen and oxygen atoms in total. The predicted molar refractivity (Wildman–Crippen MR) is 56.6 cm³/mol. The minimum atomic E-state index is 0.835. The number of anilines is 1. The monoisotopic (exact) mass is 174 g/mol. The number of fused-ring (bicyclic) bond motifs is 1. The second-order valence-corrected chi connectivity index (χ2v) is 3.33. The van der Waals surface area contributed by atoms with Crippen molar-refractivity contribution in [2.24, 2.45) is 0 Å². The first-order valence-electron chi connectivity index (χ1n) is 4.65. The largest absolute Gasteiger partial charge is 0.399 e. The van der Waals surface area contributed by atoms with Gasteiger partial charge in [-0.25, -0.2) is 0 Å². The van der Waals surface area contributed by atoms with Gasteiger partial charge >= 0.3 is 0 Å². The van der Waals surface area contributed by atoms with Gasteiger partial charge < -0.3 is 10.3 Å². The Labute approximate surface area is 78.0 Å². The van der Waals surface area contributed by atoms with Gasteiger partial charge in [0.2, 0.25) is 0 Å². The van der Waals surface area contributed by atoms with Crippen LogP contribution in [0.1, 0.15) is 13.3 Å². The fraction of sp³-hybridized carbons (Fsp3) is 0.273. The van der Waals surface area contributed by atoms with Crippen LogP contribution in [0.5, 0.6) is 0 Å². The Kier molecular flexibility index (Phi) is 1.97. The molecule has 2 heteroatoms. The van der Waals surface area contributed by atoms with E-state index in [9.17, 15) is 0 Å². The van der Waals surface area contributed by atoms with Crippen molar-refractivity contribution in [3.05, 3.63) is 30.5 Å². The summed E-state index contributed by atoms with van der Waals surface area (Å²) in [4.78, 5) is 0. The Morgan fingerprint density at radius 2 is 2.15 bits per heavy atom. The highest BCUT2D eigenvalue weighted by Crippen LogP contribution is 2.18. The Bertz CT molecular complexity index is 415. The summed E-state index contributed by atoms with van der Waals surface area (Å²) in [5.41, 5.74) is 7.81. The van der Waals surface area contributed by atoms with Crippen LogP contribution in [0.3, 0.4) is 0 Å². The molecule has 0 atom stereocenters. The van der Waals surface area contributed by atoms with Crippen LogP contribution in [0.2, 0.25) is 0 Å². The molecule has 2 N–H and O–H groups in total. The van der Waals surface area contributed by atoms with E-state index in [0.29, 0.717) is 0 Å². The molecule has 1 heterocycles. The number of hydrogen-bond donors (Lipinski definition) is 1. The topological polar surface area (TPSA) is 30.9 Å². The first-order chi connectivity index (χ1) is 6.31. The molecule has 0 unspecified atom stereocenters. The molecule has 0 amide bonds. The summed E-state index contributed by atoms with van der Waals surface area (Å²) in [5.74, 6) is 0. The molecule has 1 aromatic carbocycles. The summed E-state index contributed by atoms with van der Waals surface area (Å²) in [5, 5.41) is 1.23. The number of aryl methyl sites for hydroxylation is 1. The van der Waals surface area contributed by atoms with Crippen LogP contribution in [0, 0.1) is 0 Å². The van der Waals surface area contributed by atoms with Crippen molar-refractivity contribution < 1.29 is 0 Å². The van der Waals surface area contributed by atoms with Crippen molar-refractivity contribution in [2.75, 3.05) is 5.73 Å². The summed E-state index contributed by atoms with van der Waals surface area (Å²) in [6, 6.07) is 8.16. The number of hydrogen-bond acceptors (Lipinski definition) is 1. The van der Waals surface area contributed by atoms with E-state index in [4.69, 9.17) is 5.73 Å². The zero-order valence-corrected chi connectivity index (χ0v) is 7.83. The minimum absolute atomic E-state index is 0.835. The first-order valence-corrected chi connectivity index (χ1v) is 4.65. The first kappa shape index (κ1) is 8.17. The van der Waals surface area contributed by atoms with Gasteiger partial charge in [0.1, 0.15) is 0 Å². The molecule has 0 spiro atoms. The molecule has 0 fully saturated rings. The van der Waals surface area contributed by atoms with Crippen molar-refractivity contribution >= 4 is 16.6 Å². The predicted octanol–water partition coefficient (Wildman–Crippen LogP) is 2.63. The number of rotatable bonds is 2. The zero-order chi connectivity index (χ0) is 9.26. The van der Waals surface area contributed by atoms with Crippen LogP contribution in [0.4, 0.5) is 5.69 Å². The quantitative estimate of drug-likeness (QED) is 0.697. The normalized spacial score (nSPS) is 10.8. The Morgan fingerprint density at radius 3 is 2.92 bits per heavy atom. The second kappa shape index (κ2) is 3.13. The molecule has 0 saturated carbocycles. The van der Waals surface area contributed by atoms with E-state index in [-0.39, 0.29) is 0 Å². The third kappa shape index (κ3) is 1.39. The fourth-order valence-corrected chi connectivity index (χ4v) is 1.65. The molecule has 1 aromatic heterocycles. The van der Waals surface area contributed by atoms with E-state index >= 15 is 0 Å². The molecular formula is C11H14N2. The standard InChI is InChI=1S/C11H14N2/c1-2-6-13-7-5-9-8-10(12)3-4-11(9)13/h3-5,7-8H,2,6,12H2,1H3. The van der Waals surface area contributed by atoms with Crippen LogP contribution in [0.15, 0.2) is 30.5 Å². The molecule has 13 heavy (non-hydrogen) atoms. The van der Waals surface area contributed by atoms with Gasteiger partial charge in [-0.1, -0.05) is 6.92 Å². The van der Waals surface area contributed by atoms with E-state index < -0.39 is 0 Å². The van der Waals surface area contributed by atoms with Gasteiger partial charge in [0.25, 0.3) is 0 Å². The average molecular weight is 174 g/mol. The van der Waals surface area contributed by atoms with Gasteiger partial charge in [-0.2, -0.15) is 0 Å². The number of nitrogens with zero attached hydrogens (tertiary/aromatic N) is 1. The average Bonchev–Trinajstić information content (AvgIpc) is 2.49. The second-order valence-electron chi connectivity index (χ2n) is 3.33. The van der Waals surface area contributed by atoms with Gasteiger partial charge in [-0.05, 0) is 30.7 Å². The molecule has 0 radical (unpaired) electrons. The smallest absolute Gasteiger partial charge is 0.0481 e. The highest BCUT2D eigenvalue weighted by Gasteiger charge is 1.99. The maximum Gasteiger partial charge on any atom is 0.0481 e. The lowest BCUT2D eigenvalue weighted by atomic mass is 10.2. The SMILES string of the molecule is CCCn1ccc2cc(N)ccc21. The lowest BCUT2D eigenvalue weighted by Crippen LogP contribution is -1.93. The summed E-state index contributed by atoms with van der Waals surface area (Å²) < 4.78 is 2.26. The van der Waals surface area contributed by atoms with Crippen LogP contribution in [0.25, 0.3) is 10.9 Å². The van der Waals surface area contributed by atoms with Crippen molar-refractivity contribution in [1.29, 1.82) is 0 Å². The molecule has 2 aromatic rings. The number of benzene rings is 1. The lowest BCUT2D eigenvalue weighted by Gasteiger charge is -2.02. The highest BCUT2D eigenvalue weighted by molar-refractivity contribution is 5.83. The highest BCUT2D eigenvalue weighted by atomic mass is 14.9. The van der Waals surface area contributed by atoms with Crippen molar-refractivity contribution in [2.45, 2.75) is 19.9 Å². The van der Waals surface area contributed by atoms with Crippen LogP contribution >= 0.6 is 0 Å². The molecule has 2 rings (SSSR count). The maximum absolute atomic E-state index is 5.70.